The molecule has 4 rings (SSSR count). The number of carbonyl (C=O) groups is 2. The molecule has 1 aromatic carbocycles. The zero-order chi connectivity index (χ0) is 22.9. The molecule has 3 heterocycles. The molecule has 2 N–H and O–H groups in total. The lowest BCUT2D eigenvalue weighted by Crippen LogP contribution is -2.56. The number of nitrogens with zero attached hydrogens (tertiary/aromatic N) is 4. The zero-order valence-corrected chi connectivity index (χ0v) is 19.5. The number of imidazole rings is 1. The van der Waals surface area contributed by atoms with Crippen molar-refractivity contribution < 1.29 is 14.3 Å². The lowest BCUT2D eigenvalue weighted by atomic mass is 10.2. The topological polar surface area (TPSA) is 103 Å². The predicted octanol–water partition coefficient (Wildman–Crippen LogP) is 3.25. The molecule has 1 aliphatic rings. The van der Waals surface area contributed by atoms with E-state index in [0.717, 1.165) is 27.6 Å². The number of fused-ring (bicyclic) bond motifs is 1. The van der Waals surface area contributed by atoms with E-state index in [2.05, 4.69) is 25.2 Å². The van der Waals surface area contributed by atoms with Gasteiger partial charge in [0.1, 0.15) is 22.8 Å². The lowest BCUT2D eigenvalue weighted by molar-refractivity contribution is -0.132. The molecule has 0 saturated carbocycles. The van der Waals surface area contributed by atoms with E-state index in [9.17, 15) is 9.59 Å². The molecule has 3 aromatic rings. The van der Waals surface area contributed by atoms with E-state index >= 15 is 0 Å². The number of H-pyrrole nitrogens is 1. The summed E-state index contributed by atoms with van der Waals surface area (Å²) in [5, 5.41) is 3.59. The quantitative estimate of drug-likeness (QED) is 0.625. The van der Waals surface area contributed by atoms with E-state index in [4.69, 9.17) is 4.74 Å². The zero-order valence-electron chi connectivity index (χ0n) is 18.7. The van der Waals surface area contributed by atoms with Gasteiger partial charge in [-0.3, -0.25) is 4.79 Å². The van der Waals surface area contributed by atoms with E-state index < -0.39 is 11.7 Å². The van der Waals surface area contributed by atoms with Crippen LogP contribution in [-0.4, -0.2) is 69.7 Å². The molecular formula is C22H28N6O3S. The summed E-state index contributed by atoms with van der Waals surface area (Å²) in [7, 11) is 0. The van der Waals surface area contributed by atoms with Gasteiger partial charge in [-0.05, 0) is 39.8 Å². The Labute approximate surface area is 190 Å². The number of thiazole rings is 1. The number of alkyl carbamates (subject to hydrolysis) is 1. The number of piperazine rings is 1. The van der Waals surface area contributed by atoms with Crippen LogP contribution in [0.1, 0.15) is 27.7 Å². The van der Waals surface area contributed by atoms with Crippen molar-refractivity contribution in [3.8, 4) is 11.5 Å². The molecule has 0 unspecified atom stereocenters. The van der Waals surface area contributed by atoms with E-state index in [1.54, 1.807) is 37.0 Å². The third kappa shape index (κ3) is 4.85. The Morgan fingerprint density at radius 3 is 2.78 bits per heavy atom. The first-order chi connectivity index (χ1) is 15.2. The molecule has 0 aliphatic carbocycles. The van der Waals surface area contributed by atoms with Gasteiger partial charge in [0.2, 0.25) is 5.91 Å². The molecule has 0 bridgehead atoms. The molecule has 32 heavy (non-hydrogen) atoms. The highest BCUT2D eigenvalue weighted by Crippen LogP contribution is 2.34. The Bertz CT molecular complexity index is 1090. The van der Waals surface area contributed by atoms with Crippen molar-refractivity contribution in [2.75, 3.05) is 31.1 Å². The van der Waals surface area contributed by atoms with Crippen LogP contribution in [0.3, 0.4) is 0 Å². The number of carbonyl (C=O) groups excluding carboxylic acids is 2. The van der Waals surface area contributed by atoms with Gasteiger partial charge in [0.15, 0.2) is 5.82 Å². The number of hydrogen-bond donors (Lipinski definition) is 2. The fourth-order valence-corrected chi connectivity index (χ4v) is 4.60. The molecule has 9 nitrogen and oxygen atoms in total. The van der Waals surface area contributed by atoms with Crippen LogP contribution in [0.15, 0.2) is 29.8 Å². The number of hydrogen-bond acceptors (Lipinski definition) is 7. The van der Waals surface area contributed by atoms with Crippen LogP contribution in [0.2, 0.25) is 0 Å². The second kappa shape index (κ2) is 8.78. The van der Waals surface area contributed by atoms with Crippen LogP contribution in [0.4, 0.5) is 9.80 Å². The molecule has 10 heteroatoms. The second-order valence-electron chi connectivity index (χ2n) is 8.85. The van der Waals surface area contributed by atoms with Crippen molar-refractivity contribution in [3.05, 3.63) is 29.8 Å². The highest BCUT2D eigenvalue weighted by Gasteiger charge is 2.30. The van der Waals surface area contributed by atoms with Crippen LogP contribution in [0, 0.1) is 0 Å². The van der Waals surface area contributed by atoms with E-state index in [-0.39, 0.29) is 18.5 Å². The summed E-state index contributed by atoms with van der Waals surface area (Å²) in [6.45, 7) is 9.21. The summed E-state index contributed by atoms with van der Waals surface area (Å²) in [6.07, 6.45) is -0.586. The van der Waals surface area contributed by atoms with Crippen LogP contribution >= 0.6 is 11.3 Å². The molecule has 1 fully saturated rings. The van der Waals surface area contributed by atoms with Gasteiger partial charge in [0.25, 0.3) is 0 Å². The number of anilines is 1. The minimum atomic E-state index is -0.599. The van der Waals surface area contributed by atoms with Crippen molar-refractivity contribution in [2.24, 2.45) is 0 Å². The fraction of sp³-hybridized carbons (Fsp3) is 0.455. The number of benzene rings is 1. The Balaban J connectivity index is 1.39. The Hall–Kier alpha value is -3.14. The summed E-state index contributed by atoms with van der Waals surface area (Å²) in [5.41, 5.74) is 3.93. The van der Waals surface area contributed by atoms with Gasteiger partial charge >= 0.3 is 6.09 Å². The SMILES string of the molecule is C[C@@H]1CN(c2scnc2-c2nc3ccccc3[nH]2)CCN1C(=O)CNC(=O)OC(C)(C)C. The molecule has 2 amide bonds. The molecular weight excluding hydrogens is 428 g/mol. The number of aromatic nitrogens is 3. The summed E-state index contributed by atoms with van der Waals surface area (Å²) < 4.78 is 5.20. The van der Waals surface area contributed by atoms with Crippen LogP contribution in [0.5, 0.6) is 0 Å². The maximum atomic E-state index is 12.7. The van der Waals surface area contributed by atoms with E-state index in [1.807, 2.05) is 36.7 Å². The van der Waals surface area contributed by atoms with Gasteiger partial charge in [-0.15, -0.1) is 11.3 Å². The summed E-state index contributed by atoms with van der Waals surface area (Å²) in [6, 6.07) is 7.89. The maximum absolute atomic E-state index is 12.7. The summed E-state index contributed by atoms with van der Waals surface area (Å²) >= 11 is 1.57. The van der Waals surface area contributed by atoms with Crippen molar-refractivity contribution in [2.45, 2.75) is 39.3 Å². The first-order valence-corrected chi connectivity index (χ1v) is 11.5. The summed E-state index contributed by atoms with van der Waals surface area (Å²) in [4.78, 5) is 41.2. The average molecular weight is 457 g/mol. The first kappa shape index (κ1) is 22.1. The number of para-hydroxylation sites is 2. The first-order valence-electron chi connectivity index (χ1n) is 10.6. The second-order valence-corrected chi connectivity index (χ2v) is 9.68. The minimum absolute atomic E-state index is 0.0118. The van der Waals surface area contributed by atoms with Gasteiger partial charge in [-0.2, -0.15) is 0 Å². The smallest absolute Gasteiger partial charge is 0.408 e. The standard InChI is InChI=1S/C22H28N6O3S/c1-14-12-27(9-10-28(14)17(29)11-23-21(30)31-22(2,3)4)20-18(24-13-32-20)19-25-15-7-5-6-8-16(15)26-19/h5-8,13-14H,9-12H2,1-4H3,(H,23,30)(H,25,26)/t14-/m1/s1. The third-order valence-electron chi connectivity index (χ3n) is 5.18. The van der Waals surface area contributed by atoms with Gasteiger partial charge in [0.05, 0.1) is 16.5 Å². The minimum Gasteiger partial charge on any atom is -0.444 e. The number of rotatable bonds is 4. The predicted molar refractivity (Wildman–Crippen MR) is 125 cm³/mol. The van der Waals surface area contributed by atoms with Crippen molar-refractivity contribution in [3.63, 3.8) is 0 Å². The molecule has 1 atom stereocenters. The van der Waals surface area contributed by atoms with E-state index in [0.29, 0.717) is 19.6 Å². The number of amides is 2. The summed E-state index contributed by atoms with van der Waals surface area (Å²) in [5.74, 6) is 0.625. The van der Waals surface area contributed by atoms with Crippen LogP contribution in [0.25, 0.3) is 22.6 Å². The van der Waals surface area contributed by atoms with E-state index in [1.165, 1.54) is 0 Å². The normalized spacial score (nSPS) is 16.9. The highest BCUT2D eigenvalue weighted by atomic mass is 32.1. The molecule has 170 valence electrons. The number of nitrogens with one attached hydrogen (secondary N) is 2. The van der Waals surface area contributed by atoms with Crippen LogP contribution in [-0.2, 0) is 9.53 Å². The van der Waals surface area contributed by atoms with Crippen molar-refractivity contribution in [1.29, 1.82) is 0 Å². The van der Waals surface area contributed by atoms with Crippen LogP contribution < -0.4 is 10.2 Å². The Morgan fingerprint density at radius 2 is 2.06 bits per heavy atom. The average Bonchev–Trinajstić information content (AvgIpc) is 3.37. The molecule has 0 radical (unpaired) electrons. The number of aromatic amines is 1. The lowest BCUT2D eigenvalue weighted by Gasteiger charge is -2.40. The van der Waals surface area contributed by atoms with Crippen molar-refractivity contribution in [1.82, 2.24) is 25.2 Å². The van der Waals surface area contributed by atoms with Gasteiger partial charge in [-0.1, -0.05) is 12.1 Å². The van der Waals surface area contributed by atoms with Gasteiger partial charge < -0.3 is 24.8 Å². The van der Waals surface area contributed by atoms with Gasteiger partial charge in [-0.25, -0.2) is 14.8 Å². The van der Waals surface area contributed by atoms with Crippen molar-refractivity contribution >= 4 is 39.4 Å². The molecule has 0 spiro atoms. The molecule has 1 saturated heterocycles. The third-order valence-corrected chi connectivity index (χ3v) is 6.07. The maximum Gasteiger partial charge on any atom is 0.408 e. The molecule has 1 aliphatic heterocycles. The Kier molecular flexibility index (Phi) is 6.05. The number of ether oxygens (including phenoxy) is 1. The largest absolute Gasteiger partial charge is 0.444 e. The highest BCUT2D eigenvalue weighted by molar-refractivity contribution is 7.14. The fourth-order valence-electron chi connectivity index (χ4n) is 3.77. The monoisotopic (exact) mass is 456 g/mol. The van der Waals surface area contributed by atoms with Gasteiger partial charge in [0, 0.05) is 25.7 Å². The Morgan fingerprint density at radius 1 is 1.28 bits per heavy atom. The molecule has 2 aromatic heterocycles.